The summed E-state index contributed by atoms with van der Waals surface area (Å²) in [5, 5.41) is 4.03. The molecule has 0 saturated heterocycles. The van der Waals surface area contributed by atoms with Crippen LogP contribution in [0.3, 0.4) is 0 Å². The molecule has 0 spiro atoms. The molecule has 3 rings (SSSR count). The molecule has 0 atom stereocenters. The number of halogens is 2. The van der Waals surface area contributed by atoms with E-state index < -0.39 is 0 Å². The molecule has 21 heavy (non-hydrogen) atoms. The Bertz CT molecular complexity index is 786. The summed E-state index contributed by atoms with van der Waals surface area (Å²) in [5.41, 5.74) is 8.39. The molecule has 0 fully saturated rings. The molecule has 0 bridgehead atoms. The number of benzene rings is 2. The number of aromatic nitrogens is 2. The van der Waals surface area contributed by atoms with Gasteiger partial charge in [0.25, 0.3) is 5.89 Å². The Hall–Kier alpha value is -1.66. The highest BCUT2D eigenvalue weighted by Crippen LogP contribution is 2.27. The van der Waals surface area contributed by atoms with Crippen molar-refractivity contribution in [3.8, 4) is 11.5 Å². The predicted octanol–water partition coefficient (Wildman–Crippen LogP) is 4.43. The minimum Gasteiger partial charge on any atom is -0.398 e. The van der Waals surface area contributed by atoms with Gasteiger partial charge in [-0.25, -0.2) is 0 Å². The summed E-state index contributed by atoms with van der Waals surface area (Å²) in [6, 6.07) is 13.5. The first kappa shape index (κ1) is 14.3. The average Bonchev–Trinajstić information content (AvgIpc) is 2.93. The van der Waals surface area contributed by atoms with Crippen LogP contribution < -0.4 is 5.73 Å². The van der Waals surface area contributed by atoms with E-state index in [2.05, 4.69) is 42.0 Å². The zero-order chi connectivity index (χ0) is 14.8. The van der Waals surface area contributed by atoms with E-state index >= 15 is 0 Å². The fraction of sp³-hybridized carbons (Fsp3) is 0.0667. The molecule has 1 heterocycles. The lowest BCUT2D eigenvalue weighted by molar-refractivity contribution is 0.424. The van der Waals surface area contributed by atoms with Crippen LogP contribution in [-0.2, 0) is 6.42 Å². The topological polar surface area (TPSA) is 64.9 Å². The van der Waals surface area contributed by atoms with Crippen molar-refractivity contribution >= 4 is 37.5 Å². The second-order valence-corrected chi connectivity index (χ2v) is 6.23. The summed E-state index contributed by atoms with van der Waals surface area (Å²) in [6.45, 7) is 0. The monoisotopic (exact) mass is 407 g/mol. The highest BCUT2D eigenvalue weighted by molar-refractivity contribution is 9.10. The van der Waals surface area contributed by atoms with Gasteiger partial charge in [-0.1, -0.05) is 39.3 Å². The van der Waals surface area contributed by atoms with Crippen LogP contribution in [0.1, 0.15) is 11.4 Å². The van der Waals surface area contributed by atoms with Gasteiger partial charge < -0.3 is 10.3 Å². The molecule has 0 radical (unpaired) electrons. The van der Waals surface area contributed by atoms with E-state index in [0.717, 1.165) is 20.1 Å². The van der Waals surface area contributed by atoms with E-state index in [4.69, 9.17) is 10.3 Å². The van der Waals surface area contributed by atoms with Gasteiger partial charge in [-0.05, 0) is 45.8 Å². The fourth-order valence-electron chi connectivity index (χ4n) is 1.92. The van der Waals surface area contributed by atoms with Crippen LogP contribution >= 0.6 is 31.9 Å². The fourth-order valence-corrected chi connectivity index (χ4v) is 2.72. The van der Waals surface area contributed by atoms with Gasteiger partial charge in [0.05, 0.1) is 0 Å². The Morgan fingerprint density at radius 2 is 1.86 bits per heavy atom. The smallest absolute Gasteiger partial charge is 0.257 e. The first-order valence-electron chi connectivity index (χ1n) is 6.25. The summed E-state index contributed by atoms with van der Waals surface area (Å²) in [4.78, 5) is 4.43. The number of rotatable bonds is 3. The lowest BCUT2D eigenvalue weighted by Crippen LogP contribution is -1.92. The van der Waals surface area contributed by atoms with Gasteiger partial charge in [0, 0.05) is 26.6 Å². The highest BCUT2D eigenvalue weighted by atomic mass is 79.9. The minimum absolute atomic E-state index is 0.484. The van der Waals surface area contributed by atoms with Gasteiger partial charge in [0.1, 0.15) is 0 Å². The standard InChI is InChI=1S/C15H11Br2N3O/c16-11-4-2-1-3-9(11)8-14-19-15(21-20-14)10-5-6-13(18)12(17)7-10/h1-7H,8,18H2. The molecule has 0 amide bonds. The van der Waals surface area contributed by atoms with Crippen molar-refractivity contribution < 1.29 is 4.52 Å². The Balaban J connectivity index is 1.86. The normalized spacial score (nSPS) is 10.8. The van der Waals surface area contributed by atoms with Crippen LogP contribution in [0.4, 0.5) is 5.69 Å². The van der Waals surface area contributed by atoms with Crippen LogP contribution in [0.15, 0.2) is 55.9 Å². The summed E-state index contributed by atoms with van der Waals surface area (Å²) in [7, 11) is 0. The van der Waals surface area contributed by atoms with Crippen LogP contribution in [0, 0.1) is 0 Å². The van der Waals surface area contributed by atoms with Gasteiger partial charge in [-0.2, -0.15) is 4.98 Å². The predicted molar refractivity (Wildman–Crippen MR) is 88.8 cm³/mol. The van der Waals surface area contributed by atoms with Crippen molar-refractivity contribution in [2.75, 3.05) is 5.73 Å². The third kappa shape index (κ3) is 3.16. The second-order valence-electron chi connectivity index (χ2n) is 4.52. The zero-order valence-corrected chi connectivity index (χ0v) is 14.1. The summed E-state index contributed by atoms with van der Waals surface area (Å²) in [5.74, 6) is 1.13. The maximum Gasteiger partial charge on any atom is 0.257 e. The van der Waals surface area contributed by atoms with Crippen molar-refractivity contribution in [2.45, 2.75) is 6.42 Å². The number of hydrogen-bond donors (Lipinski definition) is 1. The third-order valence-corrected chi connectivity index (χ3v) is 4.48. The molecule has 0 saturated carbocycles. The molecule has 6 heteroatoms. The van der Waals surface area contributed by atoms with Gasteiger partial charge in [-0.3, -0.25) is 0 Å². The Labute approximate surface area is 138 Å². The largest absolute Gasteiger partial charge is 0.398 e. The SMILES string of the molecule is Nc1ccc(-c2nc(Cc3ccccc3Br)no2)cc1Br. The molecule has 4 nitrogen and oxygen atoms in total. The summed E-state index contributed by atoms with van der Waals surface area (Å²) < 4.78 is 7.16. The molecular weight excluding hydrogens is 398 g/mol. The molecule has 0 aliphatic carbocycles. The first-order chi connectivity index (χ1) is 10.1. The van der Waals surface area contributed by atoms with Crippen molar-refractivity contribution in [3.63, 3.8) is 0 Å². The first-order valence-corrected chi connectivity index (χ1v) is 7.83. The van der Waals surface area contributed by atoms with Crippen LogP contribution in [0.5, 0.6) is 0 Å². The van der Waals surface area contributed by atoms with Crippen molar-refractivity contribution in [1.82, 2.24) is 10.1 Å². The average molecular weight is 409 g/mol. The van der Waals surface area contributed by atoms with Crippen LogP contribution in [-0.4, -0.2) is 10.1 Å². The van der Waals surface area contributed by atoms with Crippen LogP contribution in [0.2, 0.25) is 0 Å². The Kier molecular flexibility index (Phi) is 4.07. The van der Waals surface area contributed by atoms with Gasteiger partial charge in [0.2, 0.25) is 0 Å². The summed E-state index contributed by atoms with van der Waals surface area (Å²) in [6.07, 6.45) is 0.612. The molecule has 0 aliphatic rings. The summed E-state index contributed by atoms with van der Waals surface area (Å²) >= 11 is 6.91. The maximum absolute atomic E-state index is 5.77. The van der Waals surface area contributed by atoms with E-state index in [9.17, 15) is 0 Å². The molecule has 0 unspecified atom stereocenters. The molecule has 2 N–H and O–H groups in total. The number of nitrogens with two attached hydrogens (primary N) is 1. The number of nitrogens with zero attached hydrogens (tertiary/aromatic N) is 2. The van der Waals surface area contributed by atoms with Gasteiger partial charge in [-0.15, -0.1) is 0 Å². The quantitative estimate of drug-likeness (QED) is 0.650. The van der Waals surface area contributed by atoms with Gasteiger partial charge >= 0.3 is 0 Å². The number of anilines is 1. The highest BCUT2D eigenvalue weighted by Gasteiger charge is 2.11. The lowest BCUT2D eigenvalue weighted by atomic mass is 10.1. The third-order valence-electron chi connectivity index (χ3n) is 3.02. The van der Waals surface area contributed by atoms with E-state index in [1.807, 2.05) is 36.4 Å². The number of nitrogen functional groups attached to an aromatic ring is 1. The maximum atomic E-state index is 5.77. The van der Waals surface area contributed by atoms with E-state index in [-0.39, 0.29) is 0 Å². The lowest BCUT2D eigenvalue weighted by Gasteiger charge is -2.00. The molecule has 2 aromatic carbocycles. The molecule has 3 aromatic rings. The van der Waals surface area contributed by atoms with Crippen molar-refractivity contribution in [3.05, 3.63) is 62.8 Å². The molecule has 0 aliphatic heterocycles. The zero-order valence-electron chi connectivity index (χ0n) is 10.9. The van der Waals surface area contributed by atoms with E-state index in [1.165, 1.54) is 0 Å². The van der Waals surface area contributed by atoms with E-state index in [0.29, 0.717) is 23.8 Å². The number of hydrogen-bond acceptors (Lipinski definition) is 4. The molecular formula is C15H11Br2N3O. The second kappa shape index (κ2) is 5.99. The van der Waals surface area contributed by atoms with E-state index in [1.54, 1.807) is 6.07 Å². The van der Waals surface area contributed by atoms with Gasteiger partial charge in [0.15, 0.2) is 5.82 Å². The van der Waals surface area contributed by atoms with Crippen molar-refractivity contribution in [2.24, 2.45) is 0 Å². The molecule has 1 aromatic heterocycles. The Morgan fingerprint density at radius 3 is 2.62 bits per heavy atom. The van der Waals surface area contributed by atoms with Crippen LogP contribution in [0.25, 0.3) is 11.5 Å². The molecule has 106 valence electrons. The minimum atomic E-state index is 0.484. The van der Waals surface area contributed by atoms with Crippen molar-refractivity contribution in [1.29, 1.82) is 0 Å². The Morgan fingerprint density at radius 1 is 1.05 bits per heavy atom.